The highest BCUT2D eigenvalue weighted by molar-refractivity contribution is 5.86. The molecule has 2 aliphatic heterocycles. The minimum absolute atomic E-state index is 0.176. The third-order valence-corrected chi connectivity index (χ3v) is 4.53. The van der Waals surface area contributed by atoms with Crippen molar-refractivity contribution in [3.8, 4) is 6.07 Å². The molecule has 116 valence electrons. The molecule has 3 rings (SSSR count). The van der Waals surface area contributed by atoms with Crippen molar-refractivity contribution in [3.05, 3.63) is 23.9 Å². The van der Waals surface area contributed by atoms with Gasteiger partial charge in [0.05, 0.1) is 5.56 Å². The lowest BCUT2D eigenvalue weighted by molar-refractivity contribution is -0.134. The molecule has 1 aromatic rings. The van der Waals surface area contributed by atoms with E-state index in [1.165, 1.54) is 0 Å². The standard InChI is InChI=1S/C16H21N5O/c1-19-8-10-20(11-9-19)16(22)14-5-3-7-21(14)15-13(12-17)4-2-6-18-15/h2,4,6,14H,3,5,7-11H2,1H3/t14-/m0/s1. The Labute approximate surface area is 130 Å². The predicted molar refractivity (Wildman–Crippen MR) is 83.4 cm³/mol. The summed E-state index contributed by atoms with van der Waals surface area (Å²) in [4.78, 5) is 23.4. The molecule has 0 aliphatic carbocycles. The zero-order valence-electron chi connectivity index (χ0n) is 12.9. The number of rotatable bonds is 2. The summed E-state index contributed by atoms with van der Waals surface area (Å²) in [6.07, 6.45) is 3.49. The van der Waals surface area contributed by atoms with Gasteiger partial charge in [-0.3, -0.25) is 4.79 Å². The summed E-state index contributed by atoms with van der Waals surface area (Å²) in [5.74, 6) is 0.829. The molecular formula is C16H21N5O. The first-order valence-corrected chi connectivity index (χ1v) is 7.80. The number of likely N-dealkylation sites (N-methyl/N-ethyl adjacent to an activating group) is 1. The first-order valence-electron chi connectivity index (χ1n) is 7.80. The number of pyridine rings is 1. The van der Waals surface area contributed by atoms with E-state index in [1.807, 2.05) is 9.80 Å². The number of hydrogen-bond acceptors (Lipinski definition) is 5. The number of nitrogens with zero attached hydrogens (tertiary/aromatic N) is 5. The Morgan fingerprint density at radius 1 is 1.32 bits per heavy atom. The third-order valence-electron chi connectivity index (χ3n) is 4.53. The average molecular weight is 299 g/mol. The summed E-state index contributed by atoms with van der Waals surface area (Å²) in [6, 6.07) is 5.53. The Hall–Kier alpha value is -2.13. The highest BCUT2D eigenvalue weighted by Crippen LogP contribution is 2.27. The Morgan fingerprint density at radius 2 is 2.09 bits per heavy atom. The summed E-state index contributed by atoms with van der Waals surface area (Å²) in [5, 5.41) is 9.26. The quantitative estimate of drug-likeness (QED) is 0.804. The van der Waals surface area contributed by atoms with Crippen LogP contribution in [0.5, 0.6) is 0 Å². The number of anilines is 1. The molecule has 22 heavy (non-hydrogen) atoms. The van der Waals surface area contributed by atoms with Gasteiger partial charge in [0.15, 0.2) is 0 Å². The Balaban J connectivity index is 1.78. The maximum absolute atomic E-state index is 12.8. The molecule has 0 unspecified atom stereocenters. The first kappa shape index (κ1) is 14.8. The van der Waals surface area contributed by atoms with E-state index in [4.69, 9.17) is 0 Å². The van der Waals surface area contributed by atoms with Crippen LogP contribution >= 0.6 is 0 Å². The lowest BCUT2D eigenvalue weighted by atomic mass is 10.1. The van der Waals surface area contributed by atoms with Gasteiger partial charge < -0.3 is 14.7 Å². The van der Waals surface area contributed by atoms with E-state index in [0.29, 0.717) is 11.4 Å². The lowest BCUT2D eigenvalue weighted by Gasteiger charge is -2.36. The van der Waals surface area contributed by atoms with Gasteiger partial charge in [-0.2, -0.15) is 5.26 Å². The molecule has 1 amide bonds. The zero-order valence-corrected chi connectivity index (χ0v) is 12.9. The van der Waals surface area contributed by atoms with Gasteiger partial charge >= 0.3 is 0 Å². The molecule has 2 saturated heterocycles. The highest BCUT2D eigenvalue weighted by Gasteiger charge is 2.36. The zero-order chi connectivity index (χ0) is 15.5. The second-order valence-corrected chi connectivity index (χ2v) is 5.97. The topological polar surface area (TPSA) is 63.5 Å². The van der Waals surface area contributed by atoms with E-state index >= 15 is 0 Å². The van der Waals surface area contributed by atoms with Crippen LogP contribution in [0.25, 0.3) is 0 Å². The van der Waals surface area contributed by atoms with Gasteiger partial charge in [0.2, 0.25) is 5.91 Å². The van der Waals surface area contributed by atoms with Gasteiger partial charge in [-0.1, -0.05) is 0 Å². The fourth-order valence-corrected chi connectivity index (χ4v) is 3.23. The van der Waals surface area contributed by atoms with Gasteiger partial charge in [0, 0.05) is 38.9 Å². The second kappa shape index (κ2) is 6.32. The van der Waals surface area contributed by atoms with Crippen molar-refractivity contribution in [2.45, 2.75) is 18.9 Å². The van der Waals surface area contributed by atoms with Crippen molar-refractivity contribution in [2.75, 3.05) is 44.7 Å². The molecule has 0 aromatic carbocycles. The molecule has 0 N–H and O–H groups in total. The van der Waals surface area contributed by atoms with Crippen LogP contribution in [-0.2, 0) is 4.79 Å². The van der Waals surface area contributed by atoms with Crippen LogP contribution in [0.3, 0.4) is 0 Å². The van der Waals surface area contributed by atoms with Crippen molar-refractivity contribution in [1.82, 2.24) is 14.8 Å². The number of amides is 1. The van der Waals surface area contributed by atoms with Crippen LogP contribution < -0.4 is 4.90 Å². The Kier molecular flexibility index (Phi) is 4.25. The summed E-state index contributed by atoms with van der Waals surface area (Å²) in [7, 11) is 2.08. The minimum atomic E-state index is -0.176. The van der Waals surface area contributed by atoms with E-state index in [-0.39, 0.29) is 11.9 Å². The number of carbonyl (C=O) groups excluding carboxylic acids is 1. The molecule has 3 heterocycles. The van der Waals surface area contributed by atoms with Crippen LogP contribution in [0.4, 0.5) is 5.82 Å². The van der Waals surface area contributed by atoms with Crippen LogP contribution in [0.15, 0.2) is 18.3 Å². The minimum Gasteiger partial charge on any atom is -0.343 e. The molecule has 0 radical (unpaired) electrons. The van der Waals surface area contributed by atoms with Crippen molar-refractivity contribution in [1.29, 1.82) is 5.26 Å². The van der Waals surface area contributed by atoms with Crippen molar-refractivity contribution in [3.63, 3.8) is 0 Å². The van der Waals surface area contributed by atoms with Gasteiger partial charge in [-0.15, -0.1) is 0 Å². The summed E-state index contributed by atoms with van der Waals surface area (Å²) in [6.45, 7) is 4.20. The molecule has 2 fully saturated rings. The molecule has 6 heteroatoms. The van der Waals surface area contributed by atoms with Crippen molar-refractivity contribution in [2.24, 2.45) is 0 Å². The van der Waals surface area contributed by atoms with Crippen molar-refractivity contribution < 1.29 is 4.79 Å². The summed E-state index contributed by atoms with van der Waals surface area (Å²) < 4.78 is 0. The molecule has 6 nitrogen and oxygen atoms in total. The Morgan fingerprint density at radius 3 is 2.82 bits per heavy atom. The maximum atomic E-state index is 12.8. The highest BCUT2D eigenvalue weighted by atomic mass is 16.2. The van der Waals surface area contributed by atoms with E-state index in [1.54, 1.807) is 18.3 Å². The van der Waals surface area contributed by atoms with E-state index in [0.717, 1.165) is 45.6 Å². The molecule has 0 bridgehead atoms. The SMILES string of the molecule is CN1CCN(C(=O)[C@@H]2CCCN2c2ncccc2C#N)CC1. The van der Waals surface area contributed by atoms with E-state index < -0.39 is 0 Å². The average Bonchev–Trinajstić information content (AvgIpc) is 3.04. The third kappa shape index (κ3) is 2.77. The summed E-state index contributed by atoms with van der Waals surface area (Å²) in [5.41, 5.74) is 0.542. The number of piperazine rings is 1. The maximum Gasteiger partial charge on any atom is 0.245 e. The van der Waals surface area contributed by atoms with Crippen LogP contribution in [0, 0.1) is 11.3 Å². The second-order valence-electron chi connectivity index (χ2n) is 5.97. The molecular weight excluding hydrogens is 278 g/mol. The number of hydrogen-bond donors (Lipinski definition) is 0. The normalized spacial score (nSPS) is 22.6. The van der Waals surface area contributed by atoms with Gasteiger partial charge in [0.25, 0.3) is 0 Å². The molecule has 2 aliphatic rings. The van der Waals surface area contributed by atoms with Crippen LogP contribution in [0.2, 0.25) is 0 Å². The van der Waals surface area contributed by atoms with Crippen LogP contribution in [-0.4, -0.2) is 66.5 Å². The van der Waals surface area contributed by atoms with E-state index in [9.17, 15) is 10.1 Å². The number of carbonyl (C=O) groups is 1. The number of nitriles is 1. The van der Waals surface area contributed by atoms with Gasteiger partial charge in [-0.25, -0.2) is 4.98 Å². The molecule has 0 saturated carbocycles. The van der Waals surface area contributed by atoms with Crippen LogP contribution in [0.1, 0.15) is 18.4 Å². The van der Waals surface area contributed by atoms with E-state index in [2.05, 4.69) is 23.0 Å². The predicted octanol–water partition coefficient (Wildman–Crippen LogP) is 0.696. The largest absolute Gasteiger partial charge is 0.343 e. The molecule has 1 atom stereocenters. The van der Waals surface area contributed by atoms with Gasteiger partial charge in [-0.05, 0) is 32.0 Å². The number of aromatic nitrogens is 1. The smallest absolute Gasteiger partial charge is 0.245 e. The van der Waals surface area contributed by atoms with Gasteiger partial charge in [0.1, 0.15) is 17.9 Å². The molecule has 0 spiro atoms. The lowest BCUT2D eigenvalue weighted by Crippen LogP contribution is -2.53. The Bertz CT molecular complexity index is 588. The first-order chi connectivity index (χ1) is 10.7. The fraction of sp³-hybridized carbons (Fsp3) is 0.562. The summed E-state index contributed by atoms with van der Waals surface area (Å²) >= 11 is 0. The fourth-order valence-electron chi connectivity index (χ4n) is 3.23. The molecule has 1 aromatic heterocycles. The monoisotopic (exact) mass is 299 g/mol. The van der Waals surface area contributed by atoms with Crippen molar-refractivity contribution >= 4 is 11.7 Å².